The van der Waals surface area contributed by atoms with Crippen LogP contribution in [0.5, 0.6) is 11.5 Å². The van der Waals surface area contributed by atoms with Gasteiger partial charge in [0, 0.05) is 13.6 Å². The Bertz CT molecular complexity index is 705. The summed E-state index contributed by atoms with van der Waals surface area (Å²) in [5.41, 5.74) is 0. The predicted octanol–water partition coefficient (Wildman–Crippen LogP) is 2.13. The van der Waals surface area contributed by atoms with Crippen molar-refractivity contribution in [2.24, 2.45) is 0 Å². The molecule has 27 heavy (non-hydrogen) atoms. The molecule has 1 aliphatic rings. The number of carbonyl (C=O) groups excluding carboxylic acids is 1. The molecule has 1 atom stereocenters. The van der Waals surface area contributed by atoms with Crippen LogP contribution in [0.2, 0.25) is 0 Å². The Labute approximate surface area is 162 Å². The molecule has 152 valence electrons. The molecule has 0 spiro atoms. The molecule has 1 saturated heterocycles. The van der Waals surface area contributed by atoms with Crippen molar-refractivity contribution in [3.8, 4) is 11.5 Å². The van der Waals surface area contributed by atoms with Gasteiger partial charge in [0.15, 0.2) is 0 Å². The number of carbonyl (C=O) groups is 1. The van der Waals surface area contributed by atoms with Crippen molar-refractivity contribution in [1.29, 1.82) is 0 Å². The Morgan fingerprint density at radius 1 is 1.22 bits per heavy atom. The van der Waals surface area contributed by atoms with Crippen LogP contribution < -0.4 is 9.47 Å². The van der Waals surface area contributed by atoms with Crippen LogP contribution in [0.1, 0.15) is 32.6 Å². The lowest BCUT2D eigenvalue weighted by atomic mass is 10.0. The third-order valence-electron chi connectivity index (χ3n) is 4.69. The largest absolute Gasteiger partial charge is 0.497 e. The molecule has 1 aromatic rings. The van der Waals surface area contributed by atoms with Crippen molar-refractivity contribution >= 4 is 15.9 Å². The van der Waals surface area contributed by atoms with Crippen molar-refractivity contribution in [1.82, 2.24) is 9.21 Å². The summed E-state index contributed by atoms with van der Waals surface area (Å²) in [7, 11) is -0.0922. The van der Waals surface area contributed by atoms with Crippen molar-refractivity contribution in [2.75, 3.05) is 39.6 Å². The summed E-state index contributed by atoms with van der Waals surface area (Å²) in [5.74, 6) is 1.37. The lowest BCUT2D eigenvalue weighted by Crippen LogP contribution is -2.53. The monoisotopic (exact) mass is 398 g/mol. The maximum absolute atomic E-state index is 12.8. The van der Waals surface area contributed by atoms with Crippen LogP contribution in [0, 0.1) is 0 Å². The van der Waals surface area contributed by atoms with E-state index in [1.807, 2.05) is 19.1 Å². The van der Waals surface area contributed by atoms with Gasteiger partial charge < -0.3 is 14.4 Å². The van der Waals surface area contributed by atoms with Gasteiger partial charge in [0.1, 0.15) is 24.1 Å². The molecule has 1 heterocycles. The third-order valence-corrected chi connectivity index (χ3v) is 6.77. The number of rotatable bonds is 9. The van der Waals surface area contributed by atoms with E-state index in [0.29, 0.717) is 38.3 Å². The van der Waals surface area contributed by atoms with Crippen LogP contribution in [-0.2, 0) is 14.8 Å². The standard InChI is InChI=1S/C19H30N2O5S/c1-4-15-27(23,24)21-12-6-5-7-18(21)19(22)20(2)13-14-26-17-10-8-16(25-3)9-11-17/h8-11,18H,4-7,12-15H2,1-3H3. The van der Waals surface area contributed by atoms with Crippen LogP contribution in [0.3, 0.4) is 0 Å². The Hall–Kier alpha value is -1.80. The zero-order chi connectivity index (χ0) is 19.9. The molecule has 7 nitrogen and oxygen atoms in total. The summed E-state index contributed by atoms with van der Waals surface area (Å²) in [6, 6.07) is 6.63. The lowest BCUT2D eigenvalue weighted by molar-refractivity contribution is -0.135. The number of ether oxygens (including phenoxy) is 2. The van der Waals surface area contributed by atoms with Crippen LogP contribution in [-0.4, -0.2) is 69.2 Å². The molecule has 1 aliphatic heterocycles. The Morgan fingerprint density at radius 2 is 1.89 bits per heavy atom. The number of amides is 1. The van der Waals surface area contributed by atoms with E-state index in [1.165, 1.54) is 4.31 Å². The molecule has 0 saturated carbocycles. The second kappa shape index (κ2) is 9.94. The Balaban J connectivity index is 1.91. The van der Waals surface area contributed by atoms with Crippen LogP contribution in [0.15, 0.2) is 24.3 Å². The Kier molecular flexibility index (Phi) is 7.91. The van der Waals surface area contributed by atoms with Gasteiger partial charge in [-0.25, -0.2) is 8.42 Å². The number of sulfonamides is 1. The first-order valence-electron chi connectivity index (χ1n) is 9.40. The van der Waals surface area contributed by atoms with Gasteiger partial charge in [-0.2, -0.15) is 4.31 Å². The highest BCUT2D eigenvalue weighted by Gasteiger charge is 2.37. The molecule has 0 aliphatic carbocycles. The smallest absolute Gasteiger partial charge is 0.240 e. The summed E-state index contributed by atoms with van der Waals surface area (Å²) in [4.78, 5) is 14.4. The van der Waals surface area contributed by atoms with Gasteiger partial charge in [-0.3, -0.25) is 4.79 Å². The highest BCUT2D eigenvalue weighted by atomic mass is 32.2. The summed E-state index contributed by atoms with van der Waals surface area (Å²) < 4.78 is 37.2. The van der Waals surface area contributed by atoms with Crippen molar-refractivity contribution in [3.63, 3.8) is 0 Å². The van der Waals surface area contributed by atoms with E-state index >= 15 is 0 Å². The number of piperidine rings is 1. The minimum atomic E-state index is -3.39. The zero-order valence-corrected chi connectivity index (χ0v) is 17.2. The number of likely N-dealkylation sites (N-methyl/N-ethyl adjacent to an activating group) is 1. The quantitative estimate of drug-likeness (QED) is 0.637. The molecule has 1 unspecified atom stereocenters. The fourth-order valence-electron chi connectivity index (χ4n) is 3.20. The highest BCUT2D eigenvalue weighted by Crippen LogP contribution is 2.23. The topological polar surface area (TPSA) is 76.2 Å². The minimum Gasteiger partial charge on any atom is -0.497 e. The summed E-state index contributed by atoms with van der Waals surface area (Å²) >= 11 is 0. The average Bonchev–Trinajstić information content (AvgIpc) is 2.67. The lowest BCUT2D eigenvalue weighted by Gasteiger charge is -2.35. The van der Waals surface area contributed by atoms with Gasteiger partial charge >= 0.3 is 0 Å². The van der Waals surface area contributed by atoms with Crippen molar-refractivity contribution in [2.45, 2.75) is 38.6 Å². The molecule has 8 heteroatoms. The number of hydrogen-bond donors (Lipinski definition) is 0. The molecular formula is C19H30N2O5S. The van der Waals surface area contributed by atoms with Gasteiger partial charge in [0.25, 0.3) is 0 Å². The maximum Gasteiger partial charge on any atom is 0.240 e. The first-order valence-corrected chi connectivity index (χ1v) is 11.0. The van der Waals surface area contributed by atoms with E-state index in [9.17, 15) is 13.2 Å². The molecular weight excluding hydrogens is 368 g/mol. The molecule has 1 amide bonds. The normalized spacial score (nSPS) is 18.1. The third kappa shape index (κ3) is 5.84. The van der Waals surface area contributed by atoms with E-state index in [1.54, 1.807) is 31.2 Å². The molecule has 0 bridgehead atoms. The van der Waals surface area contributed by atoms with E-state index in [0.717, 1.165) is 18.6 Å². The van der Waals surface area contributed by atoms with Crippen LogP contribution in [0.4, 0.5) is 0 Å². The average molecular weight is 399 g/mol. The minimum absolute atomic E-state index is 0.0844. The zero-order valence-electron chi connectivity index (χ0n) is 16.4. The second-order valence-corrected chi connectivity index (χ2v) is 8.76. The highest BCUT2D eigenvalue weighted by molar-refractivity contribution is 7.89. The summed E-state index contributed by atoms with van der Waals surface area (Å²) in [5, 5.41) is 0. The van der Waals surface area contributed by atoms with E-state index < -0.39 is 16.1 Å². The summed E-state index contributed by atoms with van der Waals surface area (Å²) in [6.45, 7) is 2.99. The Morgan fingerprint density at radius 3 is 2.52 bits per heavy atom. The maximum atomic E-state index is 12.8. The predicted molar refractivity (Wildman–Crippen MR) is 105 cm³/mol. The van der Waals surface area contributed by atoms with Gasteiger partial charge in [-0.15, -0.1) is 0 Å². The molecule has 0 N–H and O–H groups in total. The fraction of sp³-hybridized carbons (Fsp3) is 0.632. The summed E-state index contributed by atoms with van der Waals surface area (Å²) in [6.07, 6.45) is 2.79. The first-order chi connectivity index (χ1) is 12.9. The number of nitrogens with zero attached hydrogens (tertiary/aromatic N) is 2. The van der Waals surface area contributed by atoms with E-state index in [2.05, 4.69) is 0 Å². The molecule has 0 radical (unpaired) electrons. The van der Waals surface area contributed by atoms with Gasteiger partial charge in [0.05, 0.1) is 19.4 Å². The van der Waals surface area contributed by atoms with Crippen LogP contribution in [0.25, 0.3) is 0 Å². The van der Waals surface area contributed by atoms with Crippen molar-refractivity contribution in [3.05, 3.63) is 24.3 Å². The molecule has 2 rings (SSSR count). The molecule has 0 aromatic heterocycles. The number of hydrogen-bond acceptors (Lipinski definition) is 5. The van der Waals surface area contributed by atoms with Gasteiger partial charge in [0.2, 0.25) is 15.9 Å². The number of benzene rings is 1. The first kappa shape index (κ1) is 21.5. The van der Waals surface area contributed by atoms with E-state index in [-0.39, 0.29) is 11.7 Å². The van der Waals surface area contributed by atoms with Gasteiger partial charge in [-0.1, -0.05) is 13.3 Å². The van der Waals surface area contributed by atoms with E-state index in [4.69, 9.17) is 9.47 Å². The van der Waals surface area contributed by atoms with Crippen molar-refractivity contribution < 1.29 is 22.7 Å². The molecule has 1 fully saturated rings. The van der Waals surface area contributed by atoms with Gasteiger partial charge in [-0.05, 0) is 43.5 Å². The van der Waals surface area contributed by atoms with Crippen LogP contribution >= 0.6 is 0 Å². The number of methoxy groups -OCH3 is 1. The SMILES string of the molecule is CCCS(=O)(=O)N1CCCCC1C(=O)N(C)CCOc1ccc(OC)cc1. The second-order valence-electron chi connectivity index (χ2n) is 6.72. The molecule has 1 aromatic carbocycles. The fourth-order valence-corrected chi connectivity index (χ4v) is 4.94.